The van der Waals surface area contributed by atoms with Gasteiger partial charge in [-0.05, 0) is 38.5 Å². The largest absolute Gasteiger partial charge is 0.475 e. The third kappa shape index (κ3) is 5.83. The molecule has 27 heavy (non-hydrogen) atoms. The number of likely N-dealkylation sites (tertiary alicyclic amines) is 2. The summed E-state index contributed by atoms with van der Waals surface area (Å²) in [5.74, 6) is -0.0811. The van der Waals surface area contributed by atoms with Crippen LogP contribution in [0.3, 0.4) is 0 Å². The molecular formula is C18H33BClN3O4. The van der Waals surface area contributed by atoms with E-state index < -0.39 is 13.1 Å². The smallest absolute Gasteiger partial charge is 0.426 e. The van der Waals surface area contributed by atoms with Gasteiger partial charge in [-0.3, -0.25) is 9.59 Å². The van der Waals surface area contributed by atoms with Crippen molar-refractivity contribution in [2.24, 2.45) is 5.92 Å². The number of carbonyl (C=O) groups is 2. The highest BCUT2D eigenvalue weighted by atomic mass is 35.5. The first kappa shape index (κ1) is 22.5. The Labute approximate surface area is 168 Å². The zero-order valence-corrected chi connectivity index (χ0v) is 16.8. The maximum Gasteiger partial charge on any atom is 0.475 e. The van der Waals surface area contributed by atoms with Crippen molar-refractivity contribution >= 4 is 31.3 Å². The van der Waals surface area contributed by atoms with E-state index in [0.29, 0.717) is 25.4 Å². The van der Waals surface area contributed by atoms with Crippen molar-refractivity contribution in [1.82, 2.24) is 15.1 Å². The molecule has 2 saturated heterocycles. The summed E-state index contributed by atoms with van der Waals surface area (Å²) in [6.07, 6.45) is 8.98. The molecule has 0 aromatic heterocycles. The van der Waals surface area contributed by atoms with E-state index in [-0.39, 0.29) is 36.8 Å². The molecule has 3 rings (SSSR count). The van der Waals surface area contributed by atoms with Crippen LogP contribution < -0.4 is 5.32 Å². The predicted octanol–water partition coefficient (Wildman–Crippen LogP) is 0.572. The fraction of sp³-hybridized carbons (Fsp3) is 0.889. The minimum absolute atomic E-state index is 0. The summed E-state index contributed by atoms with van der Waals surface area (Å²) in [4.78, 5) is 28.7. The summed E-state index contributed by atoms with van der Waals surface area (Å²) in [7, 11) is -1.47. The Bertz CT molecular complexity index is 505. The number of piperidine rings is 1. The molecule has 2 atom stereocenters. The first-order valence-electron chi connectivity index (χ1n) is 10.2. The molecule has 154 valence electrons. The molecule has 0 spiro atoms. The van der Waals surface area contributed by atoms with Gasteiger partial charge in [-0.1, -0.05) is 19.3 Å². The third-order valence-electron chi connectivity index (χ3n) is 6.19. The van der Waals surface area contributed by atoms with Crippen LogP contribution in [0.1, 0.15) is 57.8 Å². The van der Waals surface area contributed by atoms with E-state index in [9.17, 15) is 19.6 Å². The molecule has 2 amide bonds. The fourth-order valence-electron chi connectivity index (χ4n) is 4.70. The van der Waals surface area contributed by atoms with Crippen LogP contribution in [0.25, 0.3) is 0 Å². The van der Waals surface area contributed by atoms with Gasteiger partial charge < -0.3 is 25.2 Å². The highest BCUT2D eigenvalue weighted by Gasteiger charge is 2.37. The predicted molar refractivity (Wildman–Crippen MR) is 106 cm³/mol. The number of hydrogen-bond donors (Lipinski definition) is 3. The van der Waals surface area contributed by atoms with Gasteiger partial charge in [-0.2, -0.15) is 0 Å². The van der Waals surface area contributed by atoms with Gasteiger partial charge in [0.25, 0.3) is 0 Å². The van der Waals surface area contributed by atoms with E-state index in [4.69, 9.17) is 0 Å². The van der Waals surface area contributed by atoms with Gasteiger partial charge in [0, 0.05) is 31.6 Å². The molecule has 3 aliphatic rings. The Balaban J connectivity index is 0.00000261. The van der Waals surface area contributed by atoms with Gasteiger partial charge in [0.2, 0.25) is 11.8 Å². The van der Waals surface area contributed by atoms with E-state index >= 15 is 0 Å². The van der Waals surface area contributed by atoms with Gasteiger partial charge in [0.05, 0.1) is 12.5 Å². The van der Waals surface area contributed by atoms with Crippen molar-refractivity contribution in [2.45, 2.75) is 69.8 Å². The van der Waals surface area contributed by atoms with Gasteiger partial charge in [-0.15, -0.1) is 12.4 Å². The van der Waals surface area contributed by atoms with Crippen LogP contribution in [0.2, 0.25) is 0 Å². The maximum absolute atomic E-state index is 12.7. The van der Waals surface area contributed by atoms with Crippen LogP contribution in [0.5, 0.6) is 0 Å². The van der Waals surface area contributed by atoms with Crippen molar-refractivity contribution in [3.05, 3.63) is 0 Å². The summed E-state index contributed by atoms with van der Waals surface area (Å²) >= 11 is 0. The zero-order chi connectivity index (χ0) is 18.5. The van der Waals surface area contributed by atoms with Crippen LogP contribution >= 0.6 is 12.4 Å². The standard InChI is InChI=1S/C18H32BN3O4.ClH/c23-17(22-11-5-9-16(22)19(25)26)12-20-15-8-4-10-21(13-15)18(24)14-6-2-1-3-7-14;/h14-16,20,25-26H,1-13H2;1H/t15-,16-;/m0./s1. The molecule has 2 heterocycles. The van der Waals surface area contributed by atoms with Gasteiger partial charge in [0.15, 0.2) is 0 Å². The highest BCUT2D eigenvalue weighted by molar-refractivity contribution is 6.43. The van der Waals surface area contributed by atoms with E-state index in [1.807, 2.05) is 4.90 Å². The number of nitrogens with zero attached hydrogens (tertiary/aromatic N) is 2. The lowest BCUT2D eigenvalue weighted by molar-refractivity contribution is -0.138. The van der Waals surface area contributed by atoms with Crippen molar-refractivity contribution in [3.8, 4) is 0 Å². The highest BCUT2D eigenvalue weighted by Crippen LogP contribution is 2.26. The first-order valence-corrected chi connectivity index (χ1v) is 10.2. The molecule has 2 aliphatic heterocycles. The number of nitrogens with one attached hydrogen (secondary N) is 1. The summed E-state index contributed by atoms with van der Waals surface area (Å²) in [6, 6.07) is 0.139. The molecule has 1 saturated carbocycles. The van der Waals surface area contributed by atoms with Crippen molar-refractivity contribution in [3.63, 3.8) is 0 Å². The van der Waals surface area contributed by atoms with Gasteiger partial charge in [-0.25, -0.2) is 0 Å². The number of carbonyl (C=O) groups excluding carboxylic acids is 2. The first-order chi connectivity index (χ1) is 12.6. The molecule has 3 N–H and O–H groups in total. The molecule has 7 nitrogen and oxygen atoms in total. The molecule has 0 radical (unpaired) electrons. The van der Waals surface area contributed by atoms with Crippen LogP contribution in [0.4, 0.5) is 0 Å². The molecule has 3 fully saturated rings. The van der Waals surface area contributed by atoms with Gasteiger partial charge >= 0.3 is 7.12 Å². The summed E-state index contributed by atoms with van der Waals surface area (Å²) in [5.41, 5.74) is 0. The van der Waals surface area contributed by atoms with Crippen LogP contribution in [0, 0.1) is 5.92 Å². The van der Waals surface area contributed by atoms with E-state index in [1.165, 1.54) is 6.42 Å². The Morgan fingerprint density at radius 3 is 2.37 bits per heavy atom. The normalized spacial score (nSPS) is 26.6. The lowest BCUT2D eigenvalue weighted by Crippen LogP contribution is -2.53. The average Bonchev–Trinajstić information content (AvgIpc) is 3.17. The SMILES string of the molecule is Cl.O=C(C1CCCCC1)N1CCC[C@H](NCC(=O)N2CCC[C@H]2B(O)O)C1. The Morgan fingerprint density at radius 1 is 0.963 bits per heavy atom. The molecule has 0 bridgehead atoms. The second-order valence-corrected chi connectivity index (χ2v) is 8.05. The third-order valence-corrected chi connectivity index (χ3v) is 6.19. The van der Waals surface area contributed by atoms with Crippen molar-refractivity contribution < 1.29 is 19.6 Å². The summed E-state index contributed by atoms with van der Waals surface area (Å²) in [5, 5.41) is 22.1. The second-order valence-electron chi connectivity index (χ2n) is 8.05. The van der Waals surface area contributed by atoms with E-state index in [0.717, 1.165) is 51.5 Å². The quantitative estimate of drug-likeness (QED) is 0.586. The topological polar surface area (TPSA) is 93.1 Å². The number of rotatable bonds is 5. The van der Waals surface area contributed by atoms with Crippen LogP contribution in [0.15, 0.2) is 0 Å². The monoisotopic (exact) mass is 401 g/mol. The lowest BCUT2D eigenvalue weighted by atomic mass is 9.78. The lowest BCUT2D eigenvalue weighted by Gasteiger charge is -2.36. The van der Waals surface area contributed by atoms with Crippen molar-refractivity contribution in [1.29, 1.82) is 0 Å². The Kier molecular flexibility index (Phi) is 8.86. The van der Waals surface area contributed by atoms with E-state index in [2.05, 4.69) is 5.32 Å². The molecular weight excluding hydrogens is 368 g/mol. The fourth-order valence-corrected chi connectivity index (χ4v) is 4.70. The summed E-state index contributed by atoms with van der Waals surface area (Å²) < 4.78 is 0. The van der Waals surface area contributed by atoms with Crippen LogP contribution in [-0.4, -0.2) is 76.9 Å². The number of halogens is 1. The van der Waals surface area contributed by atoms with Gasteiger partial charge in [0.1, 0.15) is 0 Å². The molecule has 0 aromatic carbocycles. The Hall–Kier alpha value is -0.825. The van der Waals surface area contributed by atoms with E-state index in [1.54, 1.807) is 4.90 Å². The Morgan fingerprint density at radius 2 is 1.67 bits per heavy atom. The number of amides is 2. The maximum atomic E-state index is 12.7. The number of hydrogen-bond acceptors (Lipinski definition) is 5. The average molecular weight is 402 g/mol. The van der Waals surface area contributed by atoms with Crippen molar-refractivity contribution in [2.75, 3.05) is 26.2 Å². The minimum atomic E-state index is -1.47. The molecule has 9 heteroatoms. The second kappa shape index (κ2) is 10.6. The molecule has 0 unspecified atom stereocenters. The molecule has 1 aliphatic carbocycles. The van der Waals surface area contributed by atoms with Crippen LogP contribution in [-0.2, 0) is 9.59 Å². The zero-order valence-electron chi connectivity index (χ0n) is 16.0. The molecule has 0 aromatic rings. The minimum Gasteiger partial charge on any atom is -0.426 e. The summed E-state index contributed by atoms with van der Waals surface area (Å²) in [6.45, 7) is 2.28.